The van der Waals surface area contributed by atoms with E-state index in [1.807, 2.05) is 6.07 Å². The molecule has 0 unspecified atom stereocenters. The molecular formula is C24H18ClFN2O3. The Balaban J connectivity index is 1.69. The minimum absolute atomic E-state index is 0.0924. The summed E-state index contributed by atoms with van der Waals surface area (Å²) >= 11 is 5.97. The van der Waals surface area contributed by atoms with Gasteiger partial charge in [0.25, 0.3) is 5.91 Å². The van der Waals surface area contributed by atoms with Crippen LogP contribution in [0.25, 0.3) is 6.08 Å². The van der Waals surface area contributed by atoms with Crippen LogP contribution in [0.1, 0.15) is 11.1 Å². The Hall–Kier alpha value is -3.82. The van der Waals surface area contributed by atoms with E-state index < -0.39 is 5.91 Å². The van der Waals surface area contributed by atoms with Crippen molar-refractivity contribution in [3.05, 3.63) is 94.3 Å². The number of carbonyl (C=O) groups excluding carboxylic acids is 1. The molecule has 1 amide bonds. The minimum atomic E-state index is -0.594. The Bertz CT molecular complexity index is 1150. The summed E-state index contributed by atoms with van der Waals surface area (Å²) in [6.07, 6.45) is 1.45. The molecule has 0 aliphatic carbocycles. The summed E-state index contributed by atoms with van der Waals surface area (Å²) in [7, 11) is 1.47. The minimum Gasteiger partial charge on any atom is -0.495 e. The highest BCUT2D eigenvalue weighted by Crippen LogP contribution is 2.28. The number of anilines is 1. The number of nitrogens with one attached hydrogen (secondary N) is 1. The lowest BCUT2D eigenvalue weighted by atomic mass is 10.1. The van der Waals surface area contributed by atoms with Gasteiger partial charge in [-0.3, -0.25) is 4.79 Å². The lowest BCUT2D eigenvalue weighted by Gasteiger charge is -2.10. The van der Waals surface area contributed by atoms with E-state index in [1.165, 1.54) is 25.3 Å². The summed E-state index contributed by atoms with van der Waals surface area (Å²) in [4.78, 5) is 12.5. The van der Waals surface area contributed by atoms with Crippen LogP contribution < -0.4 is 14.8 Å². The van der Waals surface area contributed by atoms with Gasteiger partial charge in [-0.1, -0.05) is 41.9 Å². The van der Waals surface area contributed by atoms with Crippen LogP contribution in [0.4, 0.5) is 10.1 Å². The molecular weight excluding hydrogens is 419 g/mol. The van der Waals surface area contributed by atoms with E-state index in [0.717, 1.165) is 0 Å². The van der Waals surface area contributed by atoms with Crippen molar-refractivity contribution in [2.24, 2.45) is 0 Å². The molecule has 3 aromatic carbocycles. The average molecular weight is 437 g/mol. The van der Waals surface area contributed by atoms with Gasteiger partial charge in [0.1, 0.15) is 35.6 Å². The number of rotatable bonds is 7. The van der Waals surface area contributed by atoms with Crippen molar-refractivity contribution in [3.8, 4) is 17.6 Å². The van der Waals surface area contributed by atoms with Gasteiger partial charge in [-0.2, -0.15) is 5.26 Å². The maximum Gasteiger partial charge on any atom is 0.266 e. The molecule has 0 aliphatic rings. The van der Waals surface area contributed by atoms with E-state index in [4.69, 9.17) is 21.1 Å². The fourth-order valence-corrected chi connectivity index (χ4v) is 2.89. The van der Waals surface area contributed by atoms with Gasteiger partial charge in [-0.15, -0.1) is 0 Å². The SMILES string of the molecule is COc1ccc(Cl)cc1NC(=O)C(C#N)=Cc1ccc(OCc2ccccc2F)cc1. The molecule has 0 heterocycles. The third kappa shape index (κ3) is 5.84. The standard InChI is InChI=1S/C24H18ClFN2O3/c1-30-23-11-8-19(25)13-22(23)28-24(29)18(14-27)12-16-6-9-20(10-7-16)31-15-17-4-2-3-5-21(17)26/h2-13H,15H2,1H3,(H,28,29). The molecule has 0 atom stereocenters. The first-order valence-corrected chi connectivity index (χ1v) is 9.61. The van der Waals surface area contributed by atoms with Crippen molar-refractivity contribution in [2.45, 2.75) is 6.61 Å². The van der Waals surface area contributed by atoms with Crippen LogP contribution in [-0.4, -0.2) is 13.0 Å². The van der Waals surface area contributed by atoms with E-state index in [0.29, 0.717) is 33.3 Å². The van der Waals surface area contributed by atoms with Crippen molar-refractivity contribution in [1.82, 2.24) is 0 Å². The molecule has 3 rings (SSSR count). The summed E-state index contributed by atoms with van der Waals surface area (Å²) in [6, 6.07) is 19.8. The fourth-order valence-electron chi connectivity index (χ4n) is 2.72. The first-order chi connectivity index (χ1) is 15.0. The molecule has 156 valence electrons. The van der Waals surface area contributed by atoms with Crippen LogP contribution in [0, 0.1) is 17.1 Å². The molecule has 0 spiro atoms. The van der Waals surface area contributed by atoms with E-state index >= 15 is 0 Å². The maximum absolute atomic E-state index is 13.7. The van der Waals surface area contributed by atoms with Gasteiger partial charge in [0.05, 0.1) is 12.8 Å². The zero-order valence-corrected chi connectivity index (χ0v) is 17.3. The predicted molar refractivity (Wildman–Crippen MR) is 117 cm³/mol. The molecule has 0 aromatic heterocycles. The Morgan fingerprint density at radius 2 is 1.90 bits per heavy atom. The zero-order chi connectivity index (χ0) is 22.2. The quantitative estimate of drug-likeness (QED) is 0.386. The average Bonchev–Trinajstić information content (AvgIpc) is 2.78. The first kappa shape index (κ1) is 21.9. The van der Waals surface area contributed by atoms with Gasteiger partial charge >= 0.3 is 0 Å². The topological polar surface area (TPSA) is 71.3 Å². The summed E-state index contributed by atoms with van der Waals surface area (Å²) in [6.45, 7) is 0.0924. The molecule has 31 heavy (non-hydrogen) atoms. The molecule has 0 bridgehead atoms. The number of hydrogen-bond acceptors (Lipinski definition) is 4. The first-order valence-electron chi connectivity index (χ1n) is 9.23. The molecule has 1 N–H and O–H groups in total. The van der Waals surface area contributed by atoms with Crippen molar-refractivity contribution >= 4 is 29.3 Å². The van der Waals surface area contributed by atoms with Crippen molar-refractivity contribution in [2.75, 3.05) is 12.4 Å². The number of ether oxygens (including phenoxy) is 2. The van der Waals surface area contributed by atoms with Gasteiger partial charge in [-0.05, 0) is 48.0 Å². The van der Waals surface area contributed by atoms with Crippen LogP contribution in [0.2, 0.25) is 5.02 Å². The Kier molecular flexibility index (Phi) is 7.26. The number of amides is 1. The fraction of sp³-hybridized carbons (Fsp3) is 0.0833. The monoisotopic (exact) mass is 436 g/mol. The van der Waals surface area contributed by atoms with Gasteiger partial charge in [0.2, 0.25) is 0 Å². The number of halogens is 2. The van der Waals surface area contributed by atoms with Crippen molar-refractivity contribution in [3.63, 3.8) is 0 Å². The summed E-state index contributed by atoms with van der Waals surface area (Å²) in [5.41, 5.74) is 1.34. The number of carbonyl (C=O) groups is 1. The Labute approximate surface area is 184 Å². The van der Waals surface area contributed by atoms with Crippen molar-refractivity contribution < 1.29 is 18.7 Å². The second kappa shape index (κ2) is 10.3. The highest BCUT2D eigenvalue weighted by Gasteiger charge is 2.13. The number of methoxy groups -OCH3 is 1. The van der Waals surface area contributed by atoms with Gasteiger partial charge in [0.15, 0.2) is 0 Å². The van der Waals surface area contributed by atoms with Crippen LogP contribution in [0.15, 0.2) is 72.3 Å². The predicted octanol–water partition coefficient (Wildman–Crippen LogP) is 5.61. The molecule has 5 nitrogen and oxygen atoms in total. The van der Waals surface area contributed by atoms with Gasteiger partial charge < -0.3 is 14.8 Å². The molecule has 0 saturated heterocycles. The number of hydrogen-bond donors (Lipinski definition) is 1. The smallest absolute Gasteiger partial charge is 0.266 e. The highest BCUT2D eigenvalue weighted by atomic mass is 35.5. The second-order valence-electron chi connectivity index (χ2n) is 6.42. The normalized spacial score (nSPS) is 10.8. The lowest BCUT2D eigenvalue weighted by molar-refractivity contribution is -0.112. The van der Waals surface area contributed by atoms with Gasteiger partial charge in [0, 0.05) is 10.6 Å². The zero-order valence-electron chi connectivity index (χ0n) is 16.6. The molecule has 0 saturated carbocycles. The van der Waals surface area contributed by atoms with Crippen LogP contribution in [0.5, 0.6) is 11.5 Å². The number of nitriles is 1. The van der Waals surface area contributed by atoms with E-state index in [1.54, 1.807) is 54.6 Å². The third-order valence-electron chi connectivity index (χ3n) is 4.32. The van der Waals surface area contributed by atoms with Crippen LogP contribution in [0.3, 0.4) is 0 Å². The van der Waals surface area contributed by atoms with Crippen molar-refractivity contribution in [1.29, 1.82) is 5.26 Å². The van der Waals surface area contributed by atoms with Gasteiger partial charge in [-0.25, -0.2) is 4.39 Å². The highest BCUT2D eigenvalue weighted by molar-refractivity contribution is 6.31. The molecule has 0 radical (unpaired) electrons. The van der Waals surface area contributed by atoms with E-state index in [9.17, 15) is 14.4 Å². The number of benzene rings is 3. The largest absolute Gasteiger partial charge is 0.495 e. The van der Waals surface area contributed by atoms with Crippen LogP contribution in [-0.2, 0) is 11.4 Å². The van der Waals surface area contributed by atoms with E-state index in [-0.39, 0.29) is 18.0 Å². The maximum atomic E-state index is 13.7. The Morgan fingerprint density at radius 1 is 1.16 bits per heavy atom. The summed E-state index contributed by atoms with van der Waals surface area (Å²) in [5, 5.41) is 12.5. The molecule has 0 fully saturated rings. The number of nitrogens with zero attached hydrogens (tertiary/aromatic N) is 1. The summed E-state index contributed by atoms with van der Waals surface area (Å²) in [5.74, 6) is 0.0319. The Morgan fingerprint density at radius 3 is 2.58 bits per heavy atom. The summed E-state index contributed by atoms with van der Waals surface area (Å²) < 4.78 is 24.5. The molecule has 0 aliphatic heterocycles. The molecule has 3 aromatic rings. The van der Waals surface area contributed by atoms with E-state index in [2.05, 4.69) is 5.32 Å². The lowest BCUT2D eigenvalue weighted by Crippen LogP contribution is -2.14. The van der Waals surface area contributed by atoms with Crippen LogP contribution >= 0.6 is 11.6 Å². The molecule has 7 heteroatoms. The third-order valence-corrected chi connectivity index (χ3v) is 4.55. The second-order valence-corrected chi connectivity index (χ2v) is 6.85.